The molecule has 0 aromatic carbocycles. The van der Waals surface area contributed by atoms with Gasteiger partial charge in [-0.1, -0.05) is 0 Å². The first kappa shape index (κ1) is 17.9. The number of esters is 1. The molecule has 0 aliphatic carbocycles. The first-order chi connectivity index (χ1) is 10.9. The molecule has 2 rings (SSSR count). The van der Waals surface area contributed by atoms with Gasteiger partial charge in [-0.2, -0.15) is 5.10 Å². The van der Waals surface area contributed by atoms with Gasteiger partial charge in [-0.15, -0.1) is 0 Å². The van der Waals surface area contributed by atoms with Gasteiger partial charge in [0.2, 0.25) is 0 Å². The van der Waals surface area contributed by atoms with Crippen LogP contribution in [0.2, 0.25) is 0 Å². The minimum absolute atomic E-state index is 0.230. The number of aliphatic hydroxyl groups is 1. The number of hydrogen-bond acceptors (Lipinski definition) is 6. The molecule has 1 saturated heterocycles. The van der Waals surface area contributed by atoms with Gasteiger partial charge < -0.3 is 14.7 Å². The van der Waals surface area contributed by atoms with Crippen molar-refractivity contribution in [2.24, 2.45) is 0 Å². The van der Waals surface area contributed by atoms with Crippen molar-refractivity contribution in [1.29, 1.82) is 0 Å². The molecular formula is C16H28N4O3. The number of likely N-dealkylation sites (tertiary alicyclic amines) is 1. The van der Waals surface area contributed by atoms with Gasteiger partial charge in [0.1, 0.15) is 0 Å². The lowest BCUT2D eigenvalue weighted by Gasteiger charge is -2.40. The topological polar surface area (TPSA) is 70.8 Å². The fourth-order valence-corrected chi connectivity index (χ4v) is 3.24. The van der Waals surface area contributed by atoms with Gasteiger partial charge in [-0.3, -0.25) is 14.4 Å². The standard InChI is InChI=1S/C16H28N4O3/c1-18(2)12-16(22)6-4-7-19(13-16)10-14-9-17-20(11-14)8-5-15(21)23-3/h9,11,22H,4-8,10,12-13H2,1-3H3/t16-/m1/s1. The molecule has 2 heterocycles. The van der Waals surface area contributed by atoms with Gasteiger partial charge in [-0.05, 0) is 33.5 Å². The van der Waals surface area contributed by atoms with Crippen LogP contribution < -0.4 is 0 Å². The van der Waals surface area contributed by atoms with Gasteiger partial charge >= 0.3 is 5.97 Å². The van der Waals surface area contributed by atoms with E-state index in [9.17, 15) is 9.90 Å². The van der Waals surface area contributed by atoms with Crippen LogP contribution in [0.5, 0.6) is 0 Å². The zero-order chi connectivity index (χ0) is 16.9. The van der Waals surface area contributed by atoms with E-state index in [4.69, 9.17) is 0 Å². The summed E-state index contributed by atoms with van der Waals surface area (Å²) in [5.74, 6) is -0.230. The minimum Gasteiger partial charge on any atom is -0.469 e. The zero-order valence-corrected chi connectivity index (χ0v) is 14.4. The molecule has 1 aliphatic rings. The summed E-state index contributed by atoms with van der Waals surface area (Å²) in [5.41, 5.74) is 0.465. The average Bonchev–Trinajstić information content (AvgIpc) is 2.91. The summed E-state index contributed by atoms with van der Waals surface area (Å²) in [6.45, 7) is 3.65. The van der Waals surface area contributed by atoms with E-state index in [1.165, 1.54) is 7.11 Å². The molecule has 0 bridgehead atoms. The van der Waals surface area contributed by atoms with Crippen LogP contribution in [0.4, 0.5) is 0 Å². The van der Waals surface area contributed by atoms with E-state index >= 15 is 0 Å². The first-order valence-corrected chi connectivity index (χ1v) is 8.08. The predicted molar refractivity (Wildman–Crippen MR) is 86.9 cm³/mol. The second kappa shape index (κ2) is 7.90. The fourth-order valence-electron chi connectivity index (χ4n) is 3.24. The van der Waals surface area contributed by atoms with Crippen molar-refractivity contribution >= 4 is 5.97 Å². The van der Waals surface area contributed by atoms with Crippen molar-refractivity contribution in [2.45, 2.75) is 38.0 Å². The maximum atomic E-state index is 11.2. The highest BCUT2D eigenvalue weighted by molar-refractivity contribution is 5.68. The van der Waals surface area contributed by atoms with E-state index < -0.39 is 5.60 Å². The molecular weight excluding hydrogens is 296 g/mol. The molecule has 0 saturated carbocycles. The van der Waals surface area contributed by atoms with Gasteiger partial charge in [0.25, 0.3) is 0 Å². The Labute approximate surface area is 137 Å². The van der Waals surface area contributed by atoms with Gasteiger partial charge in [-0.25, -0.2) is 0 Å². The Bertz CT molecular complexity index is 517. The number of piperidine rings is 1. The highest BCUT2D eigenvalue weighted by Gasteiger charge is 2.33. The quantitative estimate of drug-likeness (QED) is 0.729. The number of β-amino-alcohol motifs (C(OH)–C–C–N with tert-alkyl or cyclic N) is 1. The van der Waals surface area contributed by atoms with Crippen LogP contribution in [0.1, 0.15) is 24.8 Å². The Kier molecular flexibility index (Phi) is 6.15. The normalized spacial score (nSPS) is 22.5. The third-order valence-electron chi connectivity index (χ3n) is 4.11. The second-order valence-electron chi connectivity index (χ2n) is 6.71. The largest absolute Gasteiger partial charge is 0.469 e. The monoisotopic (exact) mass is 324 g/mol. The van der Waals surface area contributed by atoms with Crippen molar-refractivity contribution in [3.8, 4) is 0 Å². The maximum Gasteiger partial charge on any atom is 0.307 e. The lowest BCUT2D eigenvalue weighted by atomic mass is 9.92. The van der Waals surface area contributed by atoms with Crippen LogP contribution >= 0.6 is 0 Å². The molecule has 1 aliphatic heterocycles. The molecule has 130 valence electrons. The third kappa shape index (κ3) is 5.60. The lowest BCUT2D eigenvalue weighted by molar-refractivity contribution is -0.140. The second-order valence-corrected chi connectivity index (χ2v) is 6.71. The van der Waals surface area contributed by atoms with E-state index in [0.717, 1.165) is 31.5 Å². The van der Waals surface area contributed by atoms with Crippen molar-refractivity contribution < 1.29 is 14.6 Å². The number of hydrogen-bond donors (Lipinski definition) is 1. The number of carbonyl (C=O) groups is 1. The first-order valence-electron chi connectivity index (χ1n) is 8.08. The SMILES string of the molecule is COC(=O)CCn1cc(CN2CCC[C@@](O)(CN(C)C)C2)cn1. The van der Waals surface area contributed by atoms with Crippen molar-refractivity contribution in [3.05, 3.63) is 18.0 Å². The van der Waals surface area contributed by atoms with Gasteiger partial charge in [0.05, 0.1) is 31.9 Å². The smallest absolute Gasteiger partial charge is 0.307 e. The summed E-state index contributed by atoms with van der Waals surface area (Å²) < 4.78 is 6.40. The molecule has 23 heavy (non-hydrogen) atoms. The van der Waals surface area contributed by atoms with Crippen molar-refractivity contribution in [3.63, 3.8) is 0 Å². The fraction of sp³-hybridized carbons (Fsp3) is 0.750. The Morgan fingerprint density at radius 2 is 2.30 bits per heavy atom. The average molecular weight is 324 g/mol. The van der Waals surface area contributed by atoms with Crippen molar-refractivity contribution in [2.75, 3.05) is 40.8 Å². The number of ether oxygens (including phenoxy) is 1. The highest BCUT2D eigenvalue weighted by atomic mass is 16.5. The summed E-state index contributed by atoms with van der Waals surface area (Å²) in [6, 6.07) is 0. The van der Waals surface area contributed by atoms with Crippen LogP contribution in [0, 0.1) is 0 Å². The lowest BCUT2D eigenvalue weighted by Crippen LogP contribution is -2.52. The molecule has 0 spiro atoms. The number of methoxy groups -OCH3 is 1. The number of likely N-dealkylation sites (N-methyl/N-ethyl adjacent to an activating group) is 1. The van der Waals surface area contributed by atoms with E-state index in [0.29, 0.717) is 26.1 Å². The summed E-state index contributed by atoms with van der Waals surface area (Å²) >= 11 is 0. The van der Waals surface area contributed by atoms with Gasteiger partial charge in [0, 0.05) is 31.4 Å². The van der Waals surface area contributed by atoms with E-state index in [1.54, 1.807) is 4.68 Å². The molecule has 7 nitrogen and oxygen atoms in total. The molecule has 1 aromatic rings. The molecule has 1 N–H and O–H groups in total. The van der Waals surface area contributed by atoms with Crippen LogP contribution in [-0.4, -0.2) is 77.1 Å². The highest BCUT2D eigenvalue weighted by Crippen LogP contribution is 2.23. The molecule has 0 amide bonds. The van der Waals surface area contributed by atoms with Crippen molar-refractivity contribution in [1.82, 2.24) is 19.6 Å². The van der Waals surface area contributed by atoms with E-state index in [-0.39, 0.29) is 5.97 Å². The number of aromatic nitrogens is 2. The van der Waals surface area contributed by atoms with E-state index in [1.807, 2.05) is 31.4 Å². The Morgan fingerprint density at radius 1 is 1.52 bits per heavy atom. The molecule has 1 aromatic heterocycles. The Morgan fingerprint density at radius 3 is 3.00 bits per heavy atom. The molecule has 0 radical (unpaired) electrons. The maximum absolute atomic E-state index is 11.2. The zero-order valence-electron chi connectivity index (χ0n) is 14.4. The Hall–Kier alpha value is -1.44. The molecule has 7 heteroatoms. The van der Waals surface area contributed by atoms with Crippen LogP contribution in [0.3, 0.4) is 0 Å². The molecule has 0 unspecified atom stereocenters. The van der Waals surface area contributed by atoms with Crippen LogP contribution in [0.15, 0.2) is 12.4 Å². The molecule has 1 fully saturated rings. The number of nitrogens with zero attached hydrogens (tertiary/aromatic N) is 4. The van der Waals surface area contributed by atoms with Gasteiger partial charge in [0.15, 0.2) is 0 Å². The van der Waals surface area contributed by atoms with Crippen LogP contribution in [0.25, 0.3) is 0 Å². The number of carbonyl (C=O) groups excluding carboxylic acids is 1. The summed E-state index contributed by atoms with van der Waals surface area (Å²) in [6.07, 6.45) is 5.96. The molecule has 1 atom stereocenters. The summed E-state index contributed by atoms with van der Waals surface area (Å²) in [7, 11) is 5.37. The number of aryl methyl sites for hydroxylation is 1. The number of rotatable bonds is 7. The minimum atomic E-state index is -0.636. The van der Waals surface area contributed by atoms with E-state index in [2.05, 4.69) is 14.7 Å². The van der Waals surface area contributed by atoms with Crippen LogP contribution in [-0.2, 0) is 22.6 Å². The third-order valence-corrected chi connectivity index (χ3v) is 4.11. The summed E-state index contributed by atoms with van der Waals surface area (Å²) in [4.78, 5) is 15.5. The summed E-state index contributed by atoms with van der Waals surface area (Å²) in [5, 5.41) is 15.0. The Balaban J connectivity index is 1.87. The predicted octanol–water partition coefficient (Wildman–Crippen LogP) is 0.335.